The number of benzene rings is 1. The van der Waals surface area contributed by atoms with E-state index in [0.717, 1.165) is 28.3 Å². The Morgan fingerprint density at radius 1 is 1.07 bits per heavy atom. The minimum absolute atomic E-state index is 0.0967. The van der Waals surface area contributed by atoms with E-state index >= 15 is 0 Å². The van der Waals surface area contributed by atoms with Crippen LogP contribution in [0.5, 0.6) is 5.75 Å². The molecule has 0 aliphatic rings. The van der Waals surface area contributed by atoms with Gasteiger partial charge in [-0.25, -0.2) is 0 Å². The lowest BCUT2D eigenvalue weighted by Gasteiger charge is -2.11. The van der Waals surface area contributed by atoms with E-state index in [-0.39, 0.29) is 5.78 Å². The topological polar surface area (TPSA) is 69.9 Å². The minimum Gasteiger partial charge on any atom is -0.497 e. The molecule has 0 bridgehead atoms. The number of aryl methyl sites for hydroxylation is 1. The molecule has 1 aromatic carbocycles. The molecule has 8 heteroatoms. The van der Waals surface area contributed by atoms with Crippen molar-refractivity contribution in [3.63, 3.8) is 0 Å². The summed E-state index contributed by atoms with van der Waals surface area (Å²) in [4.78, 5) is 18.7. The maximum atomic E-state index is 12.7. The fourth-order valence-electron chi connectivity index (χ4n) is 2.93. The number of Topliss-reactive ketones (excluding diaryl/α,β-unsaturated/α-hetero) is 1. The highest BCUT2D eigenvalue weighted by Crippen LogP contribution is 2.29. The lowest BCUT2D eigenvalue weighted by atomic mass is 10.2. The summed E-state index contributed by atoms with van der Waals surface area (Å²) in [6.45, 7) is 2.09. The summed E-state index contributed by atoms with van der Waals surface area (Å²) in [5.41, 5.74) is 1.80. The van der Waals surface area contributed by atoms with Crippen LogP contribution >= 0.6 is 23.1 Å². The third kappa shape index (κ3) is 4.29. The molecule has 4 rings (SSSR count). The van der Waals surface area contributed by atoms with Crippen molar-refractivity contribution in [1.29, 1.82) is 0 Å². The molecule has 0 atom stereocenters. The number of carbonyl (C=O) groups is 1. The van der Waals surface area contributed by atoms with Crippen molar-refractivity contribution in [2.24, 2.45) is 0 Å². The summed E-state index contributed by atoms with van der Waals surface area (Å²) in [5.74, 6) is 1.86. The van der Waals surface area contributed by atoms with Crippen molar-refractivity contribution in [1.82, 2.24) is 19.7 Å². The maximum Gasteiger partial charge on any atom is 0.196 e. The summed E-state index contributed by atoms with van der Waals surface area (Å²) in [7, 11) is 1.64. The van der Waals surface area contributed by atoms with Crippen molar-refractivity contribution in [3.05, 3.63) is 70.7 Å². The number of thiophene rings is 1. The highest BCUT2D eigenvalue weighted by Gasteiger charge is 2.18. The van der Waals surface area contributed by atoms with Crippen LogP contribution in [0.3, 0.4) is 0 Å². The molecule has 0 aliphatic carbocycles. The average molecular weight is 437 g/mol. The fraction of sp³-hybridized carbons (Fsp3) is 0.182. The summed E-state index contributed by atoms with van der Waals surface area (Å²) in [6, 6.07) is 15.4. The molecule has 0 aliphatic heterocycles. The molecule has 0 radical (unpaired) electrons. The van der Waals surface area contributed by atoms with Gasteiger partial charge in [0, 0.05) is 28.5 Å². The van der Waals surface area contributed by atoms with Crippen LogP contribution in [0.4, 0.5) is 0 Å². The van der Waals surface area contributed by atoms with Crippen LogP contribution in [0.15, 0.2) is 66.1 Å². The van der Waals surface area contributed by atoms with Gasteiger partial charge >= 0.3 is 0 Å². The van der Waals surface area contributed by atoms with Gasteiger partial charge in [-0.3, -0.25) is 14.3 Å². The number of aromatic nitrogens is 4. The number of methoxy groups -OCH3 is 1. The van der Waals surface area contributed by atoms with Crippen molar-refractivity contribution in [3.8, 4) is 22.8 Å². The summed E-state index contributed by atoms with van der Waals surface area (Å²) in [5, 5.41) is 9.43. The molecular formula is C22H20N4O2S2. The molecule has 0 spiro atoms. The van der Waals surface area contributed by atoms with Gasteiger partial charge in [0.05, 0.1) is 17.7 Å². The molecular weight excluding hydrogens is 416 g/mol. The second-order valence-corrected chi connectivity index (χ2v) is 8.52. The molecule has 4 aromatic rings. The SMILES string of the molecule is CCc1ccc(C(=O)CSc2nnc(-c3ccncc3)n2-c2ccc(OC)cc2)s1. The average Bonchev–Trinajstić information content (AvgIpc) is 3.45. The van der Waals surface area contributed by atoms with E-state index in [1.165, 1.54) is 16.6 Å². The number of hydrogen-bond acceptors (Lipinski definition) is 7. The molecule has 0 amide bonds. The van der Waals surface area contributed by atoms with Gasteiger partial charge in [-0.2, -0.15) is 0 Å². The predicted molar refractivity (Wildman–Crippen MR) is 120 cm³/mol. The fourth-order valence-corrected chi connectivity index (χ4v) is 4.75. The molecule has 3 aromatic heterocycles. The van der Waals surface area contributed by atoms with Crippen LogP contribution < -0.4 is 4.74 Å². The van der Waals surface area contributed by atoms with E-state index in [0.29, 0.717) is 16.7 Å². The zero-order valence-corrected chi connectivity index (χ0v) is 18.2. The van der Waals surface area contributed by atoms with Gasteiger partial charge in [0.15, 0.2) is 16.8 Å². The monoisotopic (exact) mass is 436 g/mol. The third-order valence-electron chi connectivity index (χ3n) is 4.52. The highest BCUT2D eigenvalue weighted by atomic mass is 32.2. The molecule has 0 unspecified atom stereocenters. The summed E-state index contributed by atoms with van der Waals surface area (Å²) < 4.78 is 7.23. The Morgan fingerprint density at radius 3 is 2.50 bits per heavy atom. The van der Waals surface area contributed by atoms with Crippen LogP contribution in [0, 0.1) is 0 Å². The Hall–Kier alpha value is -2.97. The molecule has 30 heavy (non-hydrogen) atoms. The lowest BCUT2D eigenvalue weighted by molar-refractivity contribution is 0.102. The van der Waals surface area contributed by atoms with Crippen LogP contribution in [-0.2, 0) is 6.42 Å². The molecule has 3 heterocycles. The van der Waals surface area contributed by atoms with Crippen LogP contribution in [0.1, 0.15) is 21.5 Å². The van der Waals surface area contributed by atoms with Gasteiger partial charge in [0.2, 0.25) is 0 Å². The van der Waals surface area contributed by atoms with Crippen molar-refractivity contribution >= 4 is 28.9 Å². The predicted octanol–water partition coefficient (Wildman–Crippen LogP) is 4.94. The summed E-state index contributed by atoms with van der Waals surface area (Å²) in [6.07, 6.45) is 4.38. The van der Waals surface area contributed by atoms with Crippen LogP contribution in [0.2, 0.25) is 0 Å². The number of hydrogen-bond donors (Lipinski definition) is 0. The number of pyridine rings is 1. The zero-order chi connectivity index (χ0) is 20.9. The summed E-state index contributed by atoms with van der Waals surface area (Å²) >= 11 is 2.94. The smallest absolute Gasteiger partial charge is 0.196 e. The first-order chi connectivity index (χ1) is 14.7. The first kappa shape index (κ1) is 20.3. The van der Waals surface area contributed by atoms with E-state index in [1.54, 1.807) is 30.8 Å². The van der Waals surface area contributed by atoms with E-state index < -0.39 is 0 Å². The van der Waals surface area contributed by atoms with Gasteiger partial charge in [-0.15, -0.1) is 21.5 Å². The molecule has 0 saturated heterocycles. The Labute approximate surface area is 183 Å². The maximum absolute atomic E-state index is 12.7. The van der Waals surface area contributed by atoms with Crippen molar-refractivity contribution in [2.75, 3.05) is 12.9 Å². The second-order valence-electron chi connectivity index (χ2n) is 6.41. The third-order valence-corrected chi connectivity index (χ3v) is 6.72. The van der Waals surface area contributed by atoms with Crippen molar-refractivity contribution < 1.29 is 9.53 Å². The number of ether oxygens (including phenoxy) is 1. The molecule has 6 nitrogen and oxygen atoms in total. The van der Waals surface area contributed by atoms with Gasteiger partial charge in [0.1, 0.15) is 5.75 Å². The zero-order valence-electron chi connectivity index (χ0n) is 16.6. The van der Waals surface area contributed by atoms with E-state index in [4.69, 9.17) is 4.74 Å². The quantitative estimate of drug-likeness (QED) is 0.288. The largest absolute Gasteiger partial charge is 0.497 e. The number of ketones is 1. The van der Waals surface area contributed by atoms with E-state index in [1.807, 2.05) is 53.1 Å². The van der Waals surface area contributed by atoms with E-state index in [9.17, 15) is 4.79 Å². The number of rotatable bonds is 8. The molecule has 0 fully saturated rings. The second kappa shape index (κ2) is 9.23. The number of carbonyl (C=O) groups excluding carboxylic acids is 1. The molecule has 0 saturated carbocycles. The van der Waals surface area contributed by atoms with E-state index in [2.05, 4.69) is 22.1 Å². The standard InChI is InChI=1S/C22H20N4O2S2/c1-3-18-8-9-20(30-18)19(27)14-29-22-25-24-21(15-10-12-23-13-11-15)26(22)16-4-6-17(28-2)7-5-16/h4-13H,3,14H2,1-2H3. The van der Waals surface area contributed by atoms with Crippen molar-refractivity contribution in [2.45, 2.75) is 18.5 Å². The van der Waals surface area contributed by atoms with Gasteiger partial charge in [-0.05, 0) is 55.0 Å². The van der Waals surface area contributed by atoms with Gasteiger partial charge in [0.25, 0.3) is 0 Å². The first-order valence-electron chi connectivity index (χ1n) is 9.44. The first-order valence-corrected chi connectivity index (χ1v) is 11.2. The lowest BCUT2D eigenvalue weighted by Crippen LogP contribution is -2.03. The normalized spacial score (nSPS) is 10.9. The van der Waals surface area contributed by atoms with Gasteiger partial charge < -0.3 is 4.74 Å². The Morgan fingerprint density at radius 2 is 1.83 bits per heavy atom. The molecule has 0 N–H and O–H groups in total. The van der Waals surface area contributed by atoms with Crippen LogP contribution in [-0.4, -0.2) is 38.4 Å². The number of thioether (sulfide) groups is 1. The number of nitrogens with zero attached hydrogens (tertiary/aromatic N) is 4. The highest BCUT2D eigenvalue weighted by molar-refractivity contribution is 7.99. The Balaban J connectivity index is 1.65. The van der Waals surface area contributed by atoms with Gasteiger partial charge in [-0.1, -0.05) is 18.7 Å². The Bertz CT molecular complexity index is 1140. The molecule has 152 valence electrons. The Kier molecular flexibility index (Phi) is 6.25. The minimum atomic E-state index is 0.0967. The van der Waals surface area contributed by atoms with Crippen LogP contribution in [0.25, 0.3) is 17.1 Å².